The van der Waals surface area contributed by atoms with Gasteiger partial charge in [-0.1, -0.05) is 57.6 Å². The first kappa shape index (κ1) is 22.4. The molecule has 1 aliphatic heterocycles. The third-order valence-corrected chi connectivity index (χ3v) is 6.54. The number of amides is 1. The molecule has 0 aliphatic carbocycles. The zero-order chi connectivity index (χ0) is 22.3. The van der Waals surface area contributed by atoms with Crippen LogP contribution in [0, 0.1) is 0 Å². The molecule has 1 amide bonds. The van der Waals surface area contributed by atoms with Crippen molar-refractivity contribution in [1.29, 1.82) is 0 Å². The van der Waals surface area contributed by atoms with Crippen LogP contribution in [-0.4, -0.2) is 29.1 Å². The summed E-state index contributed by atoms with van der Waals surface area (Å²) in [6.45, 7) is 3.90. The van der Waals surface area contributed by atoms with E-state index in [4.69, 9.17) is 9.72 Å². The van der Waals surface area contributed by atoms with Crippen molar-refractivity contribution in [1.82, 2.24) is 9.55 Å². The van der Waals surface area contributed by atoms with E-state index >= 15 is 0 Å². The van der Waals surface area contributed by atoms with Crippen LogP contribution in [0.25, 0.3) is 11.0 Å². The van der Waals surface area contributed by atoms with Crippen molar-refractivity contribution in [2.75, 3.05) is 18.6 Å². The molecule has 2 heterocycles. The molecule has 1 aromatic heterocycles. The minimum Gasteiger partial charge on any atom is -0.497 e. The summed E-state index contributed by atoms with van der Waals surface area (Å²) in [5.41, 5.74) is 3.14. The smallest absolute Gasteiger partial charge is 0.227 e. The number of fused-ring (bicyclic) bond motifs is 1. The van der Waals surface area contributed by atoms with Crippen molar-refractivity contribution in [3.05, 3.63) is 54.4 Å². The van der Waals surface area contributed by atoms with Crippen LogP contribution in [0.15, 0.2) is 48.5 Å². The van der Waals surface area contributed by atoms with E-state index in [1.54, 1.807) is 7.11 Å². The second kappa shape index (κ2) is 10.7. The first-order valence-electron chi connectivity index (χ1n) is 12.1. The largest absolute Gasteiger partial charge is 0.497 e. The van der Waals surface area contributed by atoms with E-state index in [1.165, 1.54) is 44.0 Å². The lowest BCUT2D eigenvalue weighted by Crippen LogP contribution is -2.24. The van der Waals surface area contributed by atoms with Gasteiger partial charge in [0.05, 0.1) is 18.1 Å². The Morgan fingerprint density at radius 3 is 2.44 bits per heavy atom. The molecule has 0 bridgehead atoms. The van der Waals surface area contributed by atoms with Crippen LogP contribution >= 0.6 is 0 Å². The van der Waals surface area contributed by atoms with Gasteiger partial charge in [-0.05, 0) is 42.8 Å². The SMILES string of the molecule is CCCCCCCCCn1c(C2CC(=O)N(c3ccc(OC)cc3)C2)nc2ccccc21. The highest BCUT2D eigenvalue weighted by atomic mass is 16.5. The van der Waals surface area contributed by atoms with Crippen molar-refractivity contribution < 1.29 is 9.53 Å². The molecule has 0 radical (unpaired) electrons. The number of para-hydroxylation sites is 2. The maximum Gasteiger partial charge on any atom is 0.227 e. The summed E-state index contributed by atoms with van der Waals surface area (Å²) in [5.74, 6) is 2.13. The minimum absolute atomic E-state index is 0.113. The molecule has 32 heavy (non-hydrogen) atoms. The molecule has 1 aliphatic rings. The topological polar surface area (TPSA) is 47.4 Å². The fourth-order valence-corrected chi connectivity index (χ4v) is 4.76. The van der Waals surface area contributed by atoms with Gasteiger partial charge in [0.25, 0.3) is 0 Å². The van der Waals surface area contributed by atoms with Crippen LogP contribution in [-0.2, 0) is 11.3 Å². The third-order valence-electron chi connectivity index (χ3n) is 6.54. The fourth-order valence-electron chi connectivity index (χ4n) is 4.76. The Hall–Kier alpha value is -2.82. The van der Waals surface area contributed by atoms with Crippen molar-refractivity contribution in [3.8, 4) is 5.75 Å². The van der Waals surface area contributed by atoms with Gasteiger partial charge in [0, 0.05) is 31.1 Å². The number of hydrogen-bond acceptors (Lipinski definition) is 3. The van der Waals surface area contributed by atoms with Gasteiger partial charge in [0.2, 0.25) is 5.91 Å². The van der Waals surface area contributed by atoms with E-state index in [1.807, 2.05) is 35.2 Å². The minimum atomic E-state index is 0.113. The van der Waals surface area contributed by atoms with Crippen LogP contribution < -0.4 is 9.64 Å². The van der Waals surface area contributed by atoms with Crippen molar-refractivity contribution in [2.45, 2.75) is 70.8 Å². The van der Waals surface area contributed by atoms with Crippen LogP contribution in [0.4, 0.5) is 5.69 Å². The Bertz CT molecular complexity index is 1030. The third kappa shape index (κ3) is 4.98. The molecule has 170 valence electrons. The number of anilines is 1. The zero-order valence-electron chi connectivity index (χ0n) is 19.4. The van der Waals surface area contributed by atoms with Gasteiger partial charge in [0.15, 0.2) is 0 Å². The molecule has 0 saturated carbocycles. The van der Waals surface area contributed by atoms with Crippen LogP contribution in [0.5, 0.6) is 5.75 Å². The second-order valence-corrected chi connectivity index (χ2v) is 8.84. The van der Waals surface area contributed by atoms with E-state index in [0.717, 1.165) is 35.7 Å². The van der Waals surface area contributed by atoms with Gasteiger partial charge in [-0.2, -0.15) is 0 Å². The summed E-state index contributed by atoms with van der Waals surface area (Å²) < 4.78 is 7.63. The maximum atomic E-state index is 12.9. The lowest BCUT2D eigenvalue weighted by molar-refractivity contribution is -0.117. The predicted molar refractivity (Wildman–Crippen MR) is 130 cm³/mol. The average Bonchev–Trinajstić information content (AvgIpc) is 3.39. The van der Waals surface area contributed by atoms with Crippen molar-refractivity contribution in [2.24, 2.45) is 0 Å². The van der Waals surface area contributed by atoms with Gasteiger partial charge in [-0.15, -0.1) is 0 Å². The molecule has 0 N–H and O–H groups in total. The monoisotopic (exact) mass is 433 g/mol. The number of unbranched alkanes of at least 4 members (excludes halogenated alkanes) is 6. The average molecular weight is 434 g/mol. The standard InChI is InChI=1S/C27H35N3O2/c1-3-4-5-6-7-8-11-18-29-25-13-10-9-12-24(25)28-27(29)21-19-26(31)30(20-21)22-14-16-23(32-2)17-15-22/h9-10,12-17,21H,3-8,11,18-20H2,1-2H3. The highest BCUT2D eigenvalue weighted by molar-refractivity contribution is 5.96. The van der Waals surface area contributed by atoms with Crippen molar-refractivity contribution in [3.63, 3.8) is 0 Å². The summed E-state index contributed by atoms with van der Waals surface area (Å²) in [5, 5.41) is 0. The quantitative estimate of drug-likeness (QED) is 0.333. The Labute approximate surface area is 191 Å². The van der Waals surface area contributed by atoms with Crippen LogP contribution in [0.2, 0.25) is 0 Å². The van der Waals surface area contributed by atoms with Gasteiger partial charge in [-0.25, -0.2) is 4.98 Å². The van der Waals surface area contributed by atoms with Crippen LogP contribution in [0.3, 0.4) is 0 Å². The number of hydrogen-bond donors (Lipinski definition) is 0. The van der Waals surface area contributed by atoms with Gasteiger partial charge in [0.1, 0.15) is 11.6 Å². The second-order valence-electron chi connectivity index (χ2n) is 8.84. The molecular weight excluding hydrogens is 398 g/mol. The Balaban J connectivity index is 1.48. The maximum absolute atomic E-state index is 12.9. The molecule has 1 atom stereocenters. The molecule has 4 rings (SSSR count). The number of carbonyl (C=O) groups excluding carboxylic acids is 1. The molecule has 1 fully saturated rings. The molecular formula is C27H35N3O2. The molecule has 3 aromatic rings. The number of methoxy groups -OCH3 is 1. The lowest BCUT2D eigenvalue weighted by atomic mass is 10.1. The van der Waals surface area contributed by atoms with Crippen LogP contribution in [0.1, 0.15) is 70.0 Å². The molecule has 5 nitrogen and oxygen atoms in total. The van der Waals surface area contributed by atoms with Gasteiger partial charge in [-0.3, -0.25) is 4.79 Å². The molecule has 1 saturated heterocycles. The Kier molecular flexibility index (Phi) is 7.46. The first-order chi connectivity index (χ1) is 15.7. The highest BCUT2D eigenvalue weighted by Gasteiger charge is 2.34. The number of nitrogens with zero attached hydrogens (tertiary/aromatic N) is 3. The number of imidazole rings is 1. The first-order valence-corrected chi connectivity index (χ1v) is 12.1. The molecule has 2 aromatic carbocycles. The Morgan fingerprint density at radius 2 is 1.69 bits per heavy atom. The van der Waals surface area contributed by atoms with E-state index in [2.05, 4.69) is 29.7 Å². The Morgan fingerprint density at radius 1 is 0.969 bits per heavy atom. The summed E-state index contributed by atoms with van der Waals surface area (Å²) in [6.07, 6.45) is 9.52. The molecule has 5 heteroatoms. The highest BCUT2D eigenvalue weighted by Crippen LogP contribution is 2.34. The van der Waals surface area contributed by atoms with E-state index in [-0.39, 0.29) is 11.8 Å². The van der Waals surface area contributed by atoms with Crippen molar-refractivity contribution >= 4 is 22.6 Å². The number of carbonyl (C=O) groups is 1. The van der Waals surface area contributed by atoms with E-state index in [9.17, 15) is 4.79 Å². The number of ether oxygens (including phenoxy) is 1. The number of aromatic nitrogens is 2. The lowest BCUT2D eigenvalue weighted by Gasteiger charge is -2.18. The number of rotatable bonds is 11. The summed E-state index contributed by atoms with van der Waals surface area (Å²) in [7, 11) is 1.65. The summed E-state index contributed by atoms with van der Waals surface area (Å²) in [4.78, 5) is 19.8. The summed E-state index contributed by atoms with van der Waals surface area (Å²) >= 11 is 0. The number of benzene rings is 2. The van der Waals surface area contributed by atoms with E-state index < -0.39 is 0 Å². The number of aryl methyl sites for hydroxylation is 1. The fraction of sp³-hybridized carbons (Fsp3) is 0.481. The zero-order valence-corrected chi connectivity index (χ0v) is 19.4. The predicted octanol–water partition coefficient (Wildman–Crippen LogP) is 6.32. The molecule has 1 unspecified atom stereocenters. The van der Waals surface area contributed by atoms with Gasteiger partial charge < -0.3 is 14.2 Å². The molecule has 0 spiro atoms. The normalized spacial score (nSPS) is 16.2. The van der Waals surface area contributed by atoms with Gasteiger partial charge >= 0.3 is 0 Å². The van der Waals surface area contributed by atoms with E-state index in [0.29, 0.717) is 13.0 Å². The summed E-state index contributed by atoms with van der Waals surface area (Å²) in [6, 6.07) is 16.1.